The van der Waals surface area contributed by atoms with Gasteiger partial charge in [0.1, 0.15) is 11.4 Å². The van der Waals surface area contributed by atoms with E-state index in [4.69, 9.17) is 9.47 Å². The third-order valence-electron chi connectivity index (χ3n) is 3.12. The van der Waals surface area contributed by atoms with Crippen LogP contribution in [0.2, 0.25) is 0 Å². The number of amides is 1. The first-order valence-corrected chi connectivity index (χ1v) is 6.74. The molecule has 1 N–H and O–H groups in total. The van der Waals surface area contributed by atoms with E-state index in [1.807, 2.05) is 13.0 Å². The van der Waals surface area contributed by atoms with Crippen molar-refractivity contribution >= 4 is 17.6 Å². The maximum atomic E-state index is 11.9. The Morgan fingerprint density at radius 2 is 2.05 bits per heavy atom. The fraction of sp³-hybridized carbons (Fsp3) is 0.250. The summed E-state index contributed by atoms with van der Waals surface area (Å²) < 4.78 is 11.8. The van der Waals surface area contributed by atoms with Gasteiger partial charge in [-0.1, -0.05) is 6.07 Å². The smallest absolute Gasteiger partial charge is 0.355 e. The highest BCUT2D eigenvalue weighted by Gasteiger charge is 2.14. The second-order valence-corrected chi connectivity index (χ2v) is 4.83. The molecule has 22 heavy (non-hydrogen) atoms. The van der Waals surface area contributed by atoms with Crippen LogP contribution in [0, 0.1) is 6.92 Å². The molecule has 0 bridgehead atoms. The van der Waals surface area contributed by atoms with Gasteiger partial charge in [0, 0.05) is 13.2 Å². The Balaban J connectivity index is 1.95. The highest BCUT2D eigenvalue weighted by Crippen LogP contribution is 2.25. The molecule has 6 heteroatoms. The zero-order chi connectivity index (χ0) is 16.1. The van der Waals surface area contributed by atoms with Crippen LogP contribution in [0.25, 0.3) is 0 Å². The topological polar surface area (TPSA) is 69.6 Å². The summed E-state index contributed by atoms with van der Waals surface area (Å²) in [7, 11) is 3.25. The molecule has 0 fully saturated rings. The number of esters is 1. The Bertz CT molecular complexity index is 691. The molecule has 1 amide bonds. The number of carbonyl (C=O) groups is 2. The van der Waals surface area contributed by atoms with Gasteiger partial charge in [-0.05, 0) is 36.8 Å². The minimum Gasteiger partial charge on any atom is -0.495 e. The van der Waals surface area contributed by atoms with Gasteiger partial charge < -0.3 is 19.4 Å². The summed E-state index contributed by atoms with van der Waals surface area (Å²) in [6.07, 6.45) is 1.73. The minimum absolute atomic E-state index is 0.360. The molecule has 6 nitrogen and oxygen atoms in total. The van der Waals surface area contributed by atoms with Crippen LogP contribution in [0.15, 0.2) is 36.5 Å². The molecule has 2 aromatic rings. The van der Waals surface area contributed by atoms with Crippen molar-refractivity contribution in [3.8, 4) is 5.75 Å². The molecule has 116 valence electrons. The van der Waals surface area contributed by atoms with E-state index >= 15 is 0 Å². The number of anilines is 1. The predicted octanol–water partition coefficient (Wildman–Crippen LogP) is 2.14. The second kappa shape index (κ2) is 6.80. The Morgan fingerprint density at radius 1 is 1.27 bits per heavy atom. The summed E-state index contributed by atoms with van der Waals surface area (Å²) >= 11 is 0. The van der Waals surface area contributed by atoms with Gasteiger partial charge in [-0.3, -0.25) is 4.79 Å². The Kier molecular flexibility index (Phi) is 4.83. The molecule has 2 rings (SSSR count). The predicted molar refractivity (Wildman–Crippen MR) is 82.1 cm³/mol. The lowest BCUT2D eigenvalue weighted by molar-refractivity contribution is -0.119. The number of aromatic nitrogens is 1. The van der Waals surface area contributed by atoms with Gasteiger partial charge in [-0.2, -0.15) is 0 Å². The van der Waals surface area contributed by atoms with E-state index in [-0.39, 0.29) is 6.61 Å². The molecule has 0 aliphatic rings. The van der Waals surface area contributed by atoms with Crippen molar-refractivity contribution in [3.63, 3.8) is 0 Å². The number of hydrogen-bond donors (Lipinski definition) is 1. The summed E-state index contributed by atoms with van der Waals surface area (Å²) in [4.78, 5) is 23.7. The zero-order valence-electron chi connectivity index (χ0n) is 12.8. The van der Waals surface area contributed by atoms with E-state index in [1.54, 1.807) is 42.1 Å². The Morgan fingerprint density at radius 3 is 2.68 bits per heavy atom. The maximum absolute atomic E-state index is 11.9. The molecule has 0 saturated carbocycles. The molecular formula is C16H18N2O4. The first kappa shape index (κ1) is 15.6. The molecule has 0 saturated heterocycles. The summed E-state index contributed by atoms with van der Waals surface area (Å²) in [5, 5.41) is 2.67. The fourth-order valence-electron chi connectivity index (χ4n) is 1.98. The third kappa shape index (κ3) is 3.66. The van der Waals surface area contributed by atoms with Gasteiger partial charge in [-0.15, -0.1) is 0 Å². The van der Waals surface area contributed by atoms with Crippen molar-refractivity contribution in [2.24, 2.45) is 7.05 Å². The third-order valence-corrected chi connectivity index (χ3v) is 3.12. The summed E-state index contributed by atoms with van der Waals surface area (Å²) in [5.41, 5.74) is 1.92. The SMILES string of the molecule is COc1ccc(C)cc1NC(=O)COC(=O)c1cccn1C. The van der Waals surface area contributed by atoms with E-state index in [1.165, 1.54) is 7.11 Å². The number of aryl methyl sites for hydroxylation is 2. The van der Waals surface area contributed by atoms with Gasteiger partial charge in [0.2, 0.25) is 0 Å². The highest BCUT2D eigenvalue weighted by molar-refractivity contribution is 5.96. The maximum Gasteiger partial charge on any atom is 0.355 e. The fourth-order valence-corrected chi connectivity index (χ4v) is 1.98. The first-order valence-electron chi connectivity index (χ1n) is 6.74. The summed E-state index contributed by atoms with van der Waals surface area (Å²) in [6.45, 7) is 1.55. The lowest BCUT2D eigenvalue weighted by atomic mass is 10.2. The first-order chi connectivity index (χ1) is 10.5. The lowest BCUT2D eigenvalue weighted by Gasteiger charge is -2.11. The number of ether oxygens (including phenoxy) is 2. The average Bonchev–Trinajstić information content (AvgIpc) is 2.91. The molecule has 0 unspecified atom stereocenters. The number of nitrogens with zero attached hydrogens (tertiary/aromatic N) is 1. The highest BCUT2D eigenvalue weighted by atomic mass is 16.5. The van der Waals surface area contributed by atoms with Crippen molar-refractivity contribution < 1.29 is 19.1 Å². The normalized spacial score (nSPS) is 10.1. The van der Waals surface area contributed by atoms with Crippen molar-refractivity contribution in [2.45, 2.75) is 6.92 Å². The van der Waals surface area contributed by atoms with Crippen LogP contribution in [0.4, 0.5) is 5.69 Å². The standard InChI is InChI=1S/C16H18N2O4/c1-11-6-7-14(21-3)12(9-11)17-15(19)10-22-16(20)13-5-4-8-18(13)2/h4-9H,10H2,1-3H3,(H,17,19). The van der Waals surface area contributed by atoms with Crippen LogP contribution in [0.3, 0.4) is 0 Å². The largest absolute Gasteiger partial charge is 0.495 e. The molecule has 1 aromatic carbocycles. The van der Waals surface area contributed by atoms with Crippen molar-refractivity contribution in [1.29, 1.82) is 0 Å². The molecule has 0 aliphatic heterocycles. The number of carbonyl (C=O) groups excluding carboxylic acids is 2. The van der Waals surface area contributed by atoms with E-state index < -0.39 is 11.9 Å². The van der Waals surface area contributed by atoms with E-state index in [0.717, 1.165) is 5.56 Å². The lowest BCUT2D eigenvalue weighted by Crippen LogP contribution is -2.22. The van der Waals surface area contributed by atoms with E-state index in [0.29, 0.717) is 17.1 Å². The zero-order valence-corrected chi connectivity index (χ0v) is 12.8. The number of hydrogen-bond acceptors (Lipinski definition) is 4. The van der Waals surface area contributed by atoms with Crippen molar-refractivity contribution in [2.75, 3.05) is 19.0 Å². The summed E-state index contributed by atoms with van der Waals surface area (Å²) in [6, 6.07) is 8.79. The van der Waals surface area contributed by atoms with Gasteiger partial charge >= 0.3 is 5.97 Å². The Hall–Kier alpha value is -2.76. The molecular weight excluding hydrogens is 284 g/mol. The quantitative estimate of drug-likeness (QED) is 0.859. The summed E-state index contributed by atoms with van der Waals surface area (Å²) in [5.74, 6) is -0.418. The van der Waals surface area contributed by atoms with Crippen LogP contribution in [0.5, 0.6) is 5.75 Å². The van der Waals surface area contributed by atoms with Gasteiger partial charge in [0.25, 0.3) is 5.91 Å². The second-order valence-electron chi connectivity index (χ2n) is 4.83. The molecule has 0 spiro atoms. The van der Waals surface area contributed by atoms with Crippen LogP contribution in [-0.2, 0) is 16.6 Å². The number of methoxy groups -OCH3 is 1. The average molecular weight is 302 g/mol. The van der Waals surface area contributed by atoms with Gasteiger partial charge in [0.15, 0.2) is 6.61 Å². The van der Waals surface area contributed by atoms with Crippen LogP contribution in [0.1, 0.15) is 16.1 Å². The van der Waals surface area contributed by atoms with Crippen LogP contribution in [-0.4, -0.2) is 30.2 Å². The van der Waals surface area contributed by atoms with Crippen molar-refractivity contribution in [3.05, 3.63) is 47.8 Å². The molecule has 1 aromatic heterocycles. The van der Waals surface area contributed by atoms with Crippen molar-refractivity contribution in [1.82, 2.24) is 4.57 Å². The number of nitrogens with one attached hydrogen (secondary N) is 1. The molecule has 0 aliphatic carbocycles. The van der Waals surface area contributed by atoms with Crippen LogP contribution < -0.4 is 10.1 Å². The van der Waals surface area contributed by atoms with E-state index in [9.17, 15) is 9.59 Å². The molecule has 0 atom stereocenters. The number of rotatable bonds is 5. The Labute approximate surface area is 128 Å². The van der Waals surface area contributed by atoms with Gasteiger partial charge in [-0.25, -0.2) is 4.79 Å². The monoisotopic (exact) mass is 302 g/mol. The molecule has 1 heterocycles. The number of benzene rings is 1. The van der Waals surface area contributed by atoms with Crippen LogP contribution >= 0.6 is 0 Å². The van der Waals surface area contributed by atoms with E-state index in [2.05, 4.69) is 5.32 Å². The minimum atomic E-state index is -0.543. The van der Waals surface area contributed by atoms with Gasteiger partial charge in [0.05, 0.1) is 12.8 Å². The molecule has 0 radical (unpaired) electrons.